The van der Waals surface area contributed by atoms with Gasteiger partial charge in [0.15, 0.2) is 0 Å². The van der Waals surface area contributed by atoms with Crippen LogP contribution in [0.3, 0.4) is 0 Å². The van der Waals surface area contributed by atoms with Gasteiger partial charge >= 0.3 is 0 Å². The molecule has 0 radical (unpaired) electrons. The third-order valence-corrected chi connectivity index (χ3v) is 2.56. The molecule has 0 saturated heterocycles. The maximum atomic E-state index is 11.2. The second-order valence-electron chi connectivity index (χ2n) is 5.17. The quantitative estimate of drug-likeness (QED) is 0.786. The van der Waals surface area contributed by atoms with Crippen molar-refractivity contribution < 1.29 is 9.53 Å². The summed E-state index contributed by atoms with van der Waals surface area (Å²) in [4.78, 5) is 11.2. The largest absolute Gasteiger partial charge is 0.493 e. The van der Waals surface area contributed by atoms with Crippen LogP contribution >= 0.6 is 0 Å². The molecular weight excluding hydrogens is 228 g/mol. The fraction of sp³-hybridized carbons (Fsp3) is 0.500. The maximum absolute atomic E-state index is 11.2. The minimum atomic E-state index is -0.0792. The smallest absolute Gasteiger partial charge is 0.237 e. The molecule has 0 saturated carbocycles. The van der Waals surface area contributed by atoms with Crippen LogP contribution in [0.25, 0.3) is 0 Å². The Morgan fingerprint density at radius 3 is 2.67 bits per heavy atom. The van der Waals surface area contributed by atoms with Gasteiger partial charge < -0.3 is 4.74 Å². The number of hydrazine groups is 1. The lowest BCUT2D eigenvalue weighted by Gasteiger charge is -2.19. The Morgan fingerprint density at radius 1 is 1.33 bits per heavy atom. The standard InChI is InChI=1S/C14H22N2O2/c1-14(2,3)11-6-5-7-12(10-11)18-9-8-13(17)16-15-4/h5-7,10,15H,8-9H2,1-4H3,(H,16,17). The van der Waals surface area contributed by atoms with Gasteiger partial charge in [0, 0.05) is 7.05 Å². The first-order valence-electron chi connectivity index (χ1n) is 6.12. The lowest BCUT2D eigenvalue weighted by Crippen LogP contribution is -2.34. The molecule has 0 bridgehead atoms. The summed E-state index contributed by atoms with van der Waals surface area (Å²) in [5.74, 6) is 0.726. The zero-order valence-corrected chi connectivity index (χ0v) is 11.5. The number of carbonyl (C=O) groups is 1. The molecule has 2 N–H and O–H groups in total. The summed E-state index contributed by atoms with van der Waals surface area (Å²) in [5.41, 5.74) is 6.41. The van der Waals surface area contributed by atoms with Crippen LogP contribution in [0.1, 0.15) is 32.8 Å². The highest BCUT2D eigenvalue weighted by molar-refractivity contribution is 5.75. The SMILES string of the molecule is CNNC(=O)CCOc1cccc(C(C)(C)C)c1. The van der Waals surface area contributed by atoms with E-state index in [9.17, 15) is 4.79 Å². The molecule has 100 valence electrons. The van der Waals surface area contributed by atoms with Crippen LogP contribution in [-0.4, -0.2) is 19.6 Å². The van der Waals surface area contributed by atoms with Crippen molar-refractivity contribution in [1.29, 1.82) is 0 Å². The van der Waals surface area contributed by atoms with Gasteiger partial charge in [-0.15, -0.1) is 0 Å². The Balaban J connectivity index is 2.51. The third kappa shape index (κ3) is 4.75. The maximum Gasteiger partial charge on any atom is 0.237 e. The van der Waals surface area contributed by atoms with Crippen molar-refractivity contribution in [2.45, 2.75) is 32.6 Å². The monoisotopic (exact) mass is 250 g/mol. The van der Waals surface area contributed by atoms with Gasteiger partial charge in [0.2, 0.25) is 5.91 Å². The average Bonchev–Trinajstić information content (AvgIpc) is 2.29. The van der Waals surface area contributed by atoms with Crippen LogP contribution in [0, 0.1) is 0 Å². The van der Waals surface area contributed by atoms with Gasteiger partial charge in [-0.25, -0.2) is 5.43 Å². The fourth-order valence-electron chi connectivity index (χ4n) is 1.52. The summed E-state index contributed by atoms with van der Waals surface area (Å²) in [5, 5.41) is 0. The van der Waals surface area contributed by atoms with Crippen molar-refractivity contribution in [3.63, 3.8) is 0 Å². The van der Waals surface area contributed by atoms with Crippen molar-refractivity contribution in [1.82, 2.24) is 10.9 Å². The van der Waals surface area contributed by atoms with Gasteiger partial charge in [0.25, 0.3) is 0 Å². The number of amides is 1. The summed E-state index contributed by atoms with van der Waals surface area (Å²) in [6, 6.07) is 7.99. The second-order valence-corrected chi connectivity index (χ2v) is 5.17. The number of hydrogen-bond donors (Lipinski definition) is 2. The molecule has 4 heteroatoms. The van der Waals surface area contributed by atoms with Gasteiger partial charge in [-0.3, -0.25) is 10.2 Å². The molecule has 18 heavy (non-hydrogen) atoms. The normalized spacial score (nSPS) is 11.1. The lowest BCUT2D eigenvalue weighted by atomic mass is 9.87. The molecule has 0 atom stereocenters. The minimum absolute atomic E-state index is 0.0792. The molecule has 0 aliphatic carbocycles. The summed E-state index contributed by atoms with van der Waals surface area (Å²) < 4.78 is 5.57. The van der Waals surface area contributed by atoms with Crippen LogP contribution in [0.15, 0.2) is 24.3 Å². The van der Waals surface area contributed by atoms with E-state index < -0.39 is 0 Å². The Kier molecular flexibility index (Phi) is 5.16. The summed E-state index contributed by atoms with van der Waals surface area (Å²) in [6.07, 6.45) is 0.334. The van der Waals surface area contributed by atoms with Gasteiger partial charge in [0.1, 0.15) is 5.75 Å². The highest BCUT2D eigenvalue weighted by atomic mass is 16.5. The summed E-state index contributed by atoms with van der Waals surface area (Å²) >= 11 is 0. The average molecular weight is 250 g/mol. The van der Waals surface area contributed by atoms with Crippen molar-refractivity contribution >= 4 is 5.91 Å². The zero-order chi connectivity index (χ0) is 13.6. The second kappa shape index (κ2) is 6.40. The Morgan fingerprint density at radius 2 is 2.06 bits per heavy atom. The van der Waals surface area contributed by atoms with Crippen LogP contribution in [0.5, 0.6) is 5.75 Å². The van der Waals surface area contributed by atoms with Crippen molar-refractivity contribution in [3.05, 3.63) is 29.8 Å². The number of rotatable bonds is 5. The van der Waals surface area contributed by atoms with Gasteiger partial charge in [-0.2, -0.15) is 0 Å². The van der Waals surface area contributed by atoms with E-state index in [4.69, 9.17) is 4.74 Å². The first-order valence-corrected chi connectivity index (χ1v) is 6.12. The van der Waals surface area contributed by atoms with E-state index in [1.807, 2.05) is 18.2 Å². The number of carbonyl (C=O) groups excluding carboxylic acids is 1. The molecule has 1 aromatic carbocycles. The lowest BCUT2D eigenvalue weighted by molar-refractivity contribution is -0.122. The van der Waals surface area contributed by atoms with Gasteiger partial charge in [-0.1, -0.05) is 32.9 Å². The Hall–Kier alpha value is -1.55. The molecule has 0 fully saturated rings. The van der Waals surface area contributed by atoms with Crippen molar-refractivity contribution in [2.24, 2.45) is 0 Å². The summed E-state index contributed by atoms with van der Waals surface area (Å²) in [6.45, 7) is 6.85. The van der Waals surface area contributed by atoms with Crippen molar-refractivity contribution in [2.75, 3.05) is 13.7 Å². The third-order valence-electron chi connectivity index (χ3n) is 2.56. The zero-order valence-electron chi connectivity index (χ0n) is 11.5. The minimum Gasteiger partial charge on any atom is -0.493 e. The molecule has 0 aliphatic rings. The highest BCUT2D eigenvalue weighted by Gasteiger charge is 2.13. The van der Waals surface area contributed by atoms with Crippen LogP contribution in [-0.2, 0) is 10.2 Å². The van der Waals surface area contributed by atoms with E-state index in [2.05, 4.69) is 37.7 Å². The Labute approximate surface area is 109 Å². The predicted octanol–water partition coefficient (Wildman–Crippen LogP) is 2.00. The first-order chi connectivity index (χ1) is 8.43. The molecular formula is C14H22N2O2. The molecule has 0 aliphatic heterocycles. The molecule has 0 unspecified atom stereocenters. The van der Waals surface area contributed by atoms with Crippen LogP contribution in [0.2, 0.25) is 0 Å². The first kappa shape index (κ1) is 14.5. The van der Waals surface area contributed by atoms with Crippen molar-refractivity contribution in [3.8, 4) is 5.75 Å². The molecule has 0 heterocycles. The van der Waals surface area contributed by atoms with E-state index in [0.717, 1.165) is 5.75 Å². The molecule has 0 spiro atoms. The molecule has 1 aromatic rings. The van der Waals surface area contributed by atoms with Gasteiger partial charge in [-0.05, 0) is 23.1 Å². The van der Waals surface area contributed by atoms with E-state index in [-0.39, 0.29) is 11.3 Å². The fourth-order valence-corrected chi connectivity index (χ4v) is 1.52. The van der Waals surface area contributed by atoms with E-state index in [1.54, 1.807) is 7.05 Å². The van der Waals surface area contributed by atoms with Crippen LogP contribution in [0.4, 0.5) is 0 Å². The Bertz CT molecular complexity index is 397. The van der Waals surface area contributed by atoms with Gasteiger partial charge in [0.05, 0.1) is 13.0 Å². The molecule has 1 amide bonds. The number of nitrogens with one attached hydrogen (secondary N) is 2. The highest BCUT2D eigenvalue weighted by Crippen LogP contribution is 2.25. The van der Waals surface area contributed by atoms with Crippen LogP contribution < -0.4 is 15.6 Å². The summed E-state index contributed by atoms with van der Waals surface area (Å²) in [7, 11) is 1.66. The number of hydrogen-bond acceptors (Lipinski definition) is 3. The molecule has 1 rings (SSSR count). The molecule has 4 nitrogen and oxygen atoms in total. The number of benzene rings is 1. The van der Waals surface area contributed by atoms with E-state index in [0.29, 0.717) is 13.0 Å². The van der Waals surface area contributed by atoms with E-state index in [1.165, 1.54) is 5.56 Å². The number of ether oxygens (including phenoxy) is 1. The van der Waals surface area contributed by atoms with E-state index >= 15 is 0 Å². The predicted molar refractivity (Wildman–Crippen MR) is 72.5 cm³/mol. The molecule has 0 aromatic heterocycles. The topological polar surface area (TPSA) is 50.4 Å².